The Balaban J connectivity index is 1.77. The third-order valence-electron chi connectivity index (χ3n) is 4.23. The van der Waals surface area contributed by atoms with E-state index in [4.69, 9.17) is 4.74 Å². The Bertz CT molecular complexity index is 427. The molecule has 19 heavy (non-hydrogen) atoms. The number of benzene rings is 1. The van der Waals surface area contributed by atoms with Gasteiger partial charge in [0.2, 0.25) is 0 Å². The van der Waals surface area contributed by atoms with Gasteiger partial charge in [-0.3, -0.25) is 4.90 Å². The fourth-order valence-electron chi connectivity index (χ4n) is 3.24. The van der Waals surface area contributed by atoms with Gasteiger partial charge in [0.25, 0.3) is 0 Å². The highest BCUT2D eigenvalue weighted by atomic mass is 16.5. The molecule has 0 radical (unpaired) electrons. The van der Waals surface area contributed by atoms with Gasteiger partial charge < -0.3 is 10.1 Å². The third-order valence-corrected chi connectivity index (χ3v) is 4.23. The second-order valence-electron chi connectivity index (χ2n) is 5.55. The van der Waals surface area contributed by atoms with Gasteiger partial charge in [0.1, 0.15) is 5.75 Å². The molecule has 0 spiro atoms. The van der Waals surface area contributed by atoms with E-state index in [2.05, 4.69) is 35.3 Å². The Morgan fingerprint density at radius 1 is 1.32 bits per heavy atom. The van der Waals surface area contributed by atoms with E-state index >= 15 is 0 Å². The number of piperazine rings is 1. The summed E-state index contributed by atoms with van der Waals surface area (Å²) in [6, 6.07) is 7.30. The van der Waals surface area contributed by atoms with Crippen LogP contribution in [0.3, 0.4) is 0 Å². The summed E-state index contributed by atoms with van der Waals surface area (Å²) < 4.78 is 5.79. The SMILES string of the molecule is CCCOc1ccc2c(c1)C(N1CCNCC1)CC2. The molecule has 0 saturated carbocycles. The molecule has 1 aliphatic carbocycles. The van der Waals surface area contributed by atoms with Crippen LogP contribution in [0, 0.1) is 0 Å². The molecule has 2 aliphatic rings. The van der Waals surface area contributed by atoms with Crippen molar-refractivity contribution in [3.63, 3.8) is 0 Å². The van der Waals surface area contributed by atoms with Crippen molar-refractivity contribution < 1.29 is 4.74 Å². The van der Waals surface area contributed by atoms with E-state index in [9.17, 15) is 0 Å². The van der Waals surface area contributed by atoms with Crippen molar-refractivity contribution in [2.75, 3.05) is 32.8 Å². The number of ether oxygens (including phenoxy) is 1. The molecular weight excluding hydrogens is 236 g/mol. The summed E-state index contributed by atoms with van der Waals surface area (Å²) in [6.45, 7) is 7.55. The predicted molar refractivity (Wildman–Crippen MR) is 77.7 cm³/mol. The largest absolute Gasteiger partial charge is 0.494 e. The molecule has 1 aliphatic heterocycles. The van der Waals surface area contributed by atoms with Crippen LogP contribution in [0.25, 0.3) is 0 Å². The molecule has 1 unspecified atom stereocenters. The lowest BCUT2D eigenvalue weighted by atomic mass is 10.1. The van der Waals surface area contributed by atoms with Crippen LogP contribution in [0.2, 0.25) is 0 Å². The van der Waals surface area contributed by atoms with Crippen LogP contribution in [0.4, 0.5) is 0 Å². The summed E-state index contributed by atoms with van der Waals surface area (Å²) in [5, 5.41) is 3.44. The monoisotopic (exact) mass is 260 g/mol. The number of nitrogens with one attached hydrogen (secondary N) is 1. The minimum Gasteiger partial charge on any atom is -0.494 e. The molecule has 3 heteroatoms. The van der Waals surface area contributed by atoms with Crippen LogP contribution in [0.5, 0.6) is 5.75 Å². The highest BCUT2D eigenvalue weighted by Gasteiger charge is 2.28. The van der Waals surface area contributed by atoms with Gasteiger partial charge in [0.05, 0.1) is 6.61 Å². The van der Waals surface area contributed by atoms with E-state index in [0.29, 0.717) is 6.04 Å². The highest BCUT2D eigenvalue weighted by molar-refractivity contribution is 5.41. The van der Waals surface area contributed by atoms with E-state index < -0.39 is 0 Å². The Morgan fingerprint density at radius 3 is 2.95 bits per heavy atom. The summed E-state index contributed by atoms with van der Waals surface area (Å²) in [6.07, 6.45) is 3.56. The number of nitrogens with zero attached hydrogens (tertiary/aromatic N) is 1. The van der Waals surface area contributed by atoms with Gasteiger partial charge in [-0.25, -0.2) is 0 Å². The molecule has 1 aromatic rings. The molecule has 1 atom stereocenters. The smallest absolute Gasteiger partial charge is 0.119 e. The first kappa shape index (κ1) is 12.9. The Morgan fingerprint density at radius 2 is 2.16 bits per heavy atom. The molecule has 1 aromatic carbocycles. The quantitative estimate of drug-likeness (QED) is 0.899. The summed E-state index contributed by atoms with van der Waals surface area (Å²) in [5.74, 6) is 1.04. The molecule has 104 valence electrons. The van der Waals surface area contributed by atoms with Crippen LogP contribution in [0.1, 0.15) is 36.9 Å². The van der Waals surface area contributed by atoms with Crippen LogP contribution < -0.4 is 10.1 Å². The molecule has 3 nitrogen and oxygen atoms in total. The minimum atomic E-state index is 0.613. The zero-order chi connectivity index (χ0) is 13.1. The summed E-state index contributed by atoms with van der Waals surface area (Å²) in [7, 11) is 0. The van der Waals surface area contributed by atoms with Gasteiger partial charge in [-0.15, -0.1) is 0 Å². The third kappa shape index (κ3) is 2.77. The van der Waals surface area contributed by atoms with Crippen molar-refractivity contribution in [1.82, 2.24) is 10.2 Å². The highest BCUT2D eigenvalue weighted by Crippen LogP contribution is 2.37. The zero-order valence-corrected chi connectivity index (χ0v) is 11.8. The molecule has 1 heterocycles. The molecule has 1 fully saturated rings. The second kappa shape index (κ2) is 5.93. The van der Waals surface area contributed by atoms with Crippen molar-refractivity contribution in [2.45, 2.75) is 32.2 Å². The lowest BCUT2D eigenvalue weighted by molar-refractivity contribution is 0.173. The van der Waals surface area contributed by atoms with Crippen molar-refractivity contribution in [3.05, 3.63) is 29.3 Å². The number of rotatable bonds is 4. The van der Waals surface area contributed by atoms with Gasteiger partial charge in [0, 0.05) is 32.2 Å². The average molecular weight is 260 g/mol. The molecular formula is C16H24N2O. The first-order valence-electron chi connectivity index (χ1n) is 7.59. The molecule has 0 amide bonds. The van der Waals surface area contributed by atoms with Gasteiger partial charge >= 0.3 is 0 Å². The van der Waals surface area contributed by atoms with E-state index in [1.165, 1.54) is 37.1 Å². The number of hydrogen-bond acceptors (Lipinski definition) is 3. The Kier molecular flexibility index (Phi) is 4.04. The van der Waals surface area contributed by atoms with Crippen molar-refractivity contribution in [3.8, 4) is 5.75 Å². The maximum Gasteiger partial charge on any atom is 0.119 e. The van der Waals surface area contributed by atoms with Crippen molar-refractivity contribution >= 4 is 0 Å². The molecule has 0 bridgehead atoms. The van der Waals surface area contributed by atoms with E-state index in [-0.39, 0.29) is 0 Å². The van der Waals surface area contributed by atoms with Crippen LogP contribution in [-0.4, -0.2) is 37.7 Å². The summed E-state index contributed by atoms with van der Waals surface area (Å²) in [4.78, 5) is 2.63. The zero-order valence-electron chi connectivity index (χ0n) is 11.8. The van der Waals surface area contributed by atoms with Gasteiger partial charge in [-0.2, -0.15) is 0 Å². The average Bonchev–Trinajstić information content (AvgIpc) is 2.89. The van der Waals surface area contributed by atoms with Gasteiger partial charge in [-0.05, 0) is 42.5 Å². The maximum absolute atomic E-state index is 5.79. The molecule has 0 aromatic heterocycles. The fourth-order valence-corrected chi connectivity index (χ4v) is 3.24. The van der Waals surface area contributed by atoms with Crippen LogP contribution >= 0.6 is 0 Å². The van der Waals surface area contributed by atoms with Crippen molar-refractivity contribution in [1.29, 1.82) is 0 Å². The number of hydrogen-bond donors (Lipinski definition) is 1. The maximum atomic E-state index is 5.79. The molecule has 1 saturated heterocycles. The van der Waals surface area contributed by atoms with Crippen LogP contribution in [-0.2, 0) is 6.42 Å². The standard InChI is InChI=1S/C16H24N2O/c1-2-11-19-14-5-3-13-4-6-16(15(13)12-14)18-9-7-17-8-10-18/h3,5,12,16-17H,2,4,6-11H2,1H3. The first-order chi connectivity index (χ1) is 9.38. The van der Waals surface area contributed by atoms with E-state index in [1.807, 2.05) is 0 Å². The second-order valence-corrected chi connectivity index (χ2v) is 5.55. The topological polar surface area (TPSA) is 24.5 Å². The Labute approximate surface area is 115 Å². The summed E-state index contributed by atoms with van der Waals surface area (Å²) >= 11 is 0. The predicted octanol–water partition coefficient (Wildman–Crippen LogP) is 2.37. The lowest BCUT2D eigenvalue weighted by Crippen LogP contribution is -2.44. The number of fused-ring (bicyclic) bond motifs is 1. The molecule has 3 rings (SSSR count). The lowest BCUT2D eigenvalue weighted by Gasteiger charge is -2.33. The van der Waals surface area contributed by atoms with Crippen molar-refractivity contribution in [2.24, 2.45) is 0 Å². The van der Waals surface area contributed by atoms with Gasteiger partial charge in [0.15, 0.2) is 0 Å². The van der Waals surface area contributed by atoms with Crippen LogP contribution in [0.15, 0.2) is 18.2 Å². The fraction of sp³-hybridized carbons (Fsp3) is 0.625. The summed E-state index contributed by atoms with van der Waals surface area (Å²) in [5.41, 5.74) is 3.03. The first-order valence-corrected chi connectivity index (χ1v) is 7.59. The van der Waals surface area contributed by atoms with Gasteiger partial charge in [-0.1, -0.05) is 13.0 Å². The van der Waals surface area contributed by atoms with E-state index in [0.717, 1.165) is 31.9 Å². The number of aryl methyl sites for hydroxylation is 1. The Hall–Kier alpha value is -1.06. The minimum absolute atomic E-state index is 0.613. The normalized spacial score (nSPS) is 23.3. The van der Waals surface area contributed by atoms with E-state index in [1.54, 1.807) is 0 Å². The molecule has 1 N–H and O–H groups in total.